The summed E-state index contributed by atoms with van der Waals surface area (Å²) in [5, 5.41) is 12.2. The second-order valence-corrected chi connectivity index (χ2v) is 7.91. The third-order valence-corrected chi connectivity index (χ3v) is 5.56. The number of nitrogens with zero attached hydrogens (tertiary/aromatic N) is 3. The maximum Gasteiger partial charge on any atom is 0.230 e. The van der Waals surface area contributed by atoms with Gasteiger partial charge in [-0.05, 0) is 44.0 Å². The van der Waals surface area contributed by atoms with Crippen LogP contribution in [0.3, 0.4) is 0 Å². The van der Waals surface area contributed by atoms with Crippen LogP contribution in [0.15, 0.2) is 59.8 Å². The molecule has 3 rings (SSSR count). The second-order valence-electron chi connectivity index (χ2n) is 6.96. The lowest BCUT2D eigenvalue weighted by Gasteiger charge is -2.15. The van der Waals surface area contributed by atoms with E-state index in [4.69, 9.17) is 4.74 Å². The molecule has 0 radical (unpaired) electrons. The third-order valence-electron chi connectivity index (χ3n) is 4.54. The number of aromatic nitrogens is 3. The standard InChI is InChI=1S/C22H26N4O2S/c1-15-9-8-12-19(13-15)28-17(3)21-24-25-22(26(21)4)29-14-20(27)23-16(2)18-10-6-5-7-11-18/h5-13,16-17H,14H2,1-4H3,(H,23,27). The van der Waals surface area contributed by atoms with Crippen LogP contribution >= 0.6 is 11.8 Å². The van der Waals surface area contributed by atoms with Crippen LogP contribution in [0.4, 0.5) is 0 Å². The maximum absolute atomic E-state index is 12.3. The molecule has 152 valence electrons. The van der Waals surface area contributed by atoms with Gasteiger partial charge in [0.05, 0.1) is 11.8 Å². The number of carbonyl (C=O) groups is 1. The number of ether oxygens (including phenoxy) is 1. The summed E-state index contributed by atoms with van der Waals surface area (Å²) in [6.07, 6.45) is -0.254. The van der Waals surface area contributed by atoms with Crippen LogP contribution in [-0.4, -0.2) is 26.4 Å². The summed E-state index contributed by atoms with van der Waals surface area (Å²) in [7, 11) is 1.89. The summed E-state index contributed by atoms with van der Waals surface area (Å²) >= 11 is 1.36. The Morgan fingerprint density at radius 3 is 2.62 bits per heavy atom. The number of nitrogens with one attached hydrogen (secondary N) is 1. The molecule has 1 heterocycles. The van der Waals surface area contributed by atoms with Gasteiger partial charge in [0.25, 0.3) is 0 Å². The van der Waals surface area contributed by atoms with Crippen molar-refractivity contribution in [2.45, 2.75) is 38.1 Å². The molecule has 0 aliphatic carbocycles. The monoisotopic (exact) mass is 410 g/mol. The lowest BCUT2D eigenvalue weighted by Crippen LogP contribution is -2.28. The SMILES string of the molecule is Cc1cccc(OC(C)c2nnc(SCC(=O)NC(C)c3ccccc3)n2C)c1. The molecular weight excluding hydrogens is 384 g/mol. The van der Waals surface area contributed by atoms with E-state index in [0.717, 1.165) is 16.9 Å². The number of rotatable bonds is 8. The lowest BCUT2D eigenvalue weighted by molar-refractivity contribution is -0.119. The van der Waals surface area contributed by atoms with Crippen LogP contribution in [0.25, 0.3) is 0 Å². The maximum atomic E-state index is 12.3. The van der Waals surface area contributed by atoms with E-state index in [-0.39, 0.29) is 23.8 Å². The number of amides is 1. The molecule has 1 N–H and O–H groups in total. The van der Waals surface area contributed by atoms with Gasteiger partial charge in [-0.3, -0.25) is 4.79 Å². The van der Waals surface area contributed by atoms with Gasteiger partial charge in [-0.25, -0.2) is 0 Å². The van der Waals surface area contributed by atoms with Crippen molar-refractivity contribution in [3.63, 3.8) is 0 Å². The fourth-order valence-electron chi connectivity index (χ4n) is 2.99. The lowest BCUT2D eigenvalue weighted by atomic mass is 10.1. The fourth-order valence-corrected chi connectivity index (χ4v) is 3.72. The van der Waals surface area contributed by atoms with E-state index in [1.54, 1.807) is 0 Å². The highest BCUT2D eigenvalue weighted by Gasteiger charge is 2.18. The number of aryl methyl sites for hydroxylation is 1. The van der Waals surface area contributed by atoms with Gasteiger partial charge >= 0.3 is 0 Å². The predicted octanol–water partition coefficient (Wildman–Crippen LogP) is 4.23. The Morgan fingerprint density at radius 2 is 1.90 bits per heavy atom. The Balaban J connectivity index is 1.55. The molecule has 0 saturated heterocycles. The number of carbonyl (C=O) groups excluding carboxylic acids is 1. The largest absolute Gasteiger partial charge is 0.483 e. The molecule has 3 aromatic rings. The molecule has 1 amide bonds. The highest BCUT2D eigenvalue weighted by Crippen LogP contribution is 2.24. The molecule has 0 aliphatic rings. The van der Waals surface area contributed by atoms with Crippen LogP contribution in [0.2, 0.25) is 0 Å². The Bertz CT molecular complexity index is 958. The summed E-state index contributed by atoms with van der Waals surface area (Å²) < 4.78 is 7.86. The number of hydrogen-bond acceptors (Lipinski definition) is 5. The first-order valence-electron chi connectivity index (χ1n) is 9.53. The van der Waals surface area contributed by atoms with Gasteiger partial charge in [-0.1, -0.05) is 54.2 Å². The molecule has 2 aromatic carbocycles. The first-order chi connectivity index (χ1) is 13.9. The molecule has 0 aliphatic heterocycles. The van der Waals surface area contributed by atoms with E-state index in [2.05, 4.69) is 15.5 Å². The molecule has 2 atom stereocenters. The van der Waals surface area contributed by atoms with Gasteiger partial charge in [-0.15, -0.1) is 10.2 Å². The summed E-state index contributed by atoms with van der Waals surface area (Å²) in [5.41, 5.74) is 2.22. The predicted molar refractivity (Wildman–Crippen MR) is 115 cm³/mol. The van der Waals surface area contributed by atoms with Gasteiger partial charge in [-0.2, -0.15) is 0 Å². The highest BCUT2D eigenvalue weighted by molar-refractivity contribution is 7.99. The zero-order valence-corrected chi connectivity index (χ0v) is 17.9. The molecule has 7 heteroatoms. The Morgan fingerprint density at radius 1 is 1.14 bits per heavy atom. The molecule has 2 unspecified atom stereocenters. The molecule has 0 saturated carbocycles. The van der Waals surface area contributed by atoms with Crippen molar-refractivity contribution in [1.82, 2.24) is 20.1 Å². The Labute approximate surface area is 175 Å². The third kappa shape index (κ3) is 5.60. The van der Waals surface area contributed by atoms with E-state index in [9.17, 15) is 4.79 Å². The average Bonchev–Trinajstić information content (AvgIpc) is 3.07. The van der Waals surface area contributed by atoms with Crippen molar-refractivity contribution in [3.8, 4) is 5.75 Å². The van der Waals surface area contributed by atoms with E-state index in [1.165, 1.54) is 11.8 Å². The average molecular weight is 411 g/mol. The summed E-state index contributed by atoms with van der Waals surface area (Å²) in [5.74, 6) is 1.74. The number of benzene rings is 2. The van der Waals surface area contributed by atoms with Crippen molar-refractivity contribution in [2.75, 3.05) is 5.75 Å². The van der Waals surface area contributed by atoms with Crippen molar-refractivity contribution >= 4 is 17.7 Å². The minimum Gasteiger partial charge on any atom is -0.483 e. The summed E-state index contributed by atoms with van der Waals surface area (Å²) in [4.78, 5) is 12.3. The van der Waals surface area contributed by atoms with Crippen molar-refractivity contribution in [3.05, 3.63) is 71.5 Å². The minimum atomic E-state index is -0.254. The van der Waals surface area contributed by atoms with Gasteiger partial charge in [0, 0.05) is 7.05 Å². The quantitative estimate of drug-likeness (QED) is 0.563. The molecule has 0 bridgehead atoms. The van der Waals surface area contributed by atoms with Crippen LogP contribution in [0.1, 0.15) is 42.9 Å². The summed E-state index contributed by atoms with van der Waals surface area (Å²) in [6.45, 7) is 5.94. The molecule has 1 aromatic heterocycles. The Kier molecular flexibility index (Phi) is 6.93. The topological polar surface area (TPSA) is 69.0 Å². The van der Waals surface area contributed by atoms with Crippen LogP contribution in [0.5, 0.6) is 5.75 Å². The van der Waals surface area contributed by atoms with E-state index >= 15 is 0 Å². The van der Waals surface area contributed by atoms with Gasteiger partial charge < -0.3 is 14.6 Å². The first kappa shape index (κ1) is 20.9. The molecule has 0 spiro atoms. The zero-order chi connectivity index (χ0) is 20.8. The summed E-state index contributed by atoms with van der Waals surface area (Å²) in [6, 6.07) is 17.8. The van der Waals surface area contributed by atoms with Crippen LogP contribution in [-0.2, 0) is 11.8 Å². The van der Waals surface area contributed by atoms with Crippen molar-refractivity contribution in [1.29, 1.82) is 0 Å². The van der Waals surface area contributed by atoms with Crippen molar-refractivity contribution in [2.24, 2.45) is 7.05 Å². The molecular formula is C22H26N4O2S. The van der Waals surface area contributed by atoms with E-state index in [0.29, 0.717) is 11.0 Å². The highest BCUT2D eigenvalue weighted by atomic mass is 32.2. The van der Waals surface area contributed by atoms with E-state index < -0.39 is 0 Å². The van der Waals surface area contributed by atoms with Crippen LogP contribution < -0.4 is 10.1 Å². The van der Waals surface area contributed by atoms with Crippen LogP contribution in [0, 0.1) is 6.92 Å². The number of thioether (sulfide) groups is 1. The zero-order valence-electron chi connectivity index (χ0n) is 17.1. The minimum absolute atomic E-state index is 0.0397. The Hall–Kier alpha value is -2.80. The normalized spacial score (nSPS) is 13.0. The van der Waals surface area contributed by atoms with Gasteiger partial charge in [0.15, 0.2) is 17.1 Å². The number of hydrogen-bond donors (Lipinski definition) is 1. The van der Waals surface area contributed by atoms with Gasteiger partial charge in [0.2, 0.25) is 5.91 Å². The van der Waals surface area contributed by atoms with Gasteiger partial charge in [0.1, 0.15) is 5.75 Å². The molecule has 29 heavy (non-hydrogen) atoms. The van der Waals surface area contributed by atoms with Crippen molar-refractivity contribution < 1.29 is 9.53 Å². The van der Waals surface area contributed by atoms with E-state index in [1.807, 2.05) is 87.0 Å². The fraction of sp³-hybridized carbons (Fsp3) is 0.318. The smallest absolute Gasteiger partial charge is 0.230 e. The molecule has 6 nitrogen and oxygen atoms in total. The molecule has 0 fully saturated rings. The second kappa shape index (κ2) is 9.60. The first-order valence-corrected chi connectivity index (χ1v) is 10.5.